The number of rotatable bonds is 4. The molecule has 0 atom stereocenters. The van der Waals surface area contributed by atoms with E-state index < -0.39 is 5.97 Å². The van der Waals surface area contributed by atoms with Crippen molar-refractivity contribution >= 4 is 12.7 Å². The van der Waals surface area contributed by atoms with Gasteiger partial charge in [-0.1, -0.05) is 0 Å². The summed E-state index contributed by atoms with van der Waals surface area (Å²) in [6.45, 7) is 3.26. The second-order valence-corrected chi connectivity index (χ2v) is 1.65. The third-order valence-corrected chi connectivity index (χ3v) is 0.769. The summed E-state index contributed by atoms with van der Waals surface area (Å²) in [6, 6.07) is 0. The van der Waals surface area contributed by atoms with Gasteiger partial charge in [0, 0.05) is 0 Å². The van der Waals surface area contributed by atoms with Crippen LogP contribution >= 0.6 is 0 Å². The maximum Gasteiger partial charge on any atom is 0.181 e. The lowest BCUT2D eigenvalue weighted by Crippen LogP contribution is -2.33. The predicted molar refractivity (Wildman–Crippen MR) is 29.2 cm³/mol. The number of hydrogen-bond donors (Lipinski definition) is 1. The first kappa shape index (κ1) is 8.10. The van der Waals surface area contributed by atoms with Crippen LogP contribution in [-0.4, -0.2) is 42.1 Å². The Labute approximate surface area is 53.1 Å². The summed E-state index contributed by atoms with van der Waals surface area (Å²) in [4.78, 5) is 9.81. The van der Waals surface area contributed by atoms with Gasteiger partial charge in [0.1, 0.15) is 19.3 Å². The monoisotopic (exact) mass is 131 g/mol. The van der Waals surface area contributed by atoms with Gasteiger partial charge < -0.3 is 15.0 Å². The third kappa shape index (κ3) is 4.96. The lowest BCUT2D eigenvalue weighted by molar-refractivity contribution is -0.522. The summed E-state index contributed by atoms with van der Waals surface area (Å²) in [5.74, 6) is -1.18. The molecule has 0 amide bonds. The van der Waals surface area contributed by atoms with Crippen molar-refractivity contribution in [3.05, 3.63) is 0 Å². The number of carboxylic acid groups (broad SMARTS) is 1. The Kier molecular flexibility index (Phi) is 3.62. The van der Waals surface area contributed by atoms with E-state index in [0.29, 0.717) is 0 Å². The molecule has 4 heteroatoms. The molecule has 0 rings (SSSR count). The first-order valence-electron chi connectivity index (χ1n) is 2.53. The number of hydrogen-bond acceptors (Lipinski definition) is 3. The van der Waals surface area contributed by atoms with Crippen LogP contribution in [0.1, 0.15) is 0 Å². The average molecular weight is 131 g/mol. The van der Waals surface area contributed by atoms with Gasteiger partial charge in [-0.3, -0.25) is 0 Å². The van der Waals surface area contributed by atoms with E-state index in [-0.39, 0.29) is 19.7 Å². The molecule has 0 fully saturated rings. The summed E-state index contributed by atoms with van der Waals surface area (Å²) >= 11 is 0. The van der Waals surface area contributed by atoms with Gasteiger partial charge in [-0.05, 0) is 0 Å². The van der Waals surface area contributed by atoms with Gasteiger partial charge in [-0.25, -0.2) is 4.58 Å². The van der Waals surface area contributed by atoms with Gasteiger partial charge in [0.05, 0.1) is 0 Å². The van der Waals surface area contributed by atoms with Gasteiger partial charge in [0.25, 0.3) is 0 Å². The number of carbonyl (C=O) groups excluding carboxylic acids is 1. The maximum absolute atomic E-state index is 9.81. The first-order chi connectivity index (χ1) is 4.16. The average Bonchev–Trinajstić information content (AvgIpc) is 1.63. The quantitative estimate of drug-likeness (QED) is 0.337. The summed E-state index contributed by atoms with van der Waals surface area (Å²) in [7, 11) is 0. The fourth-order valence-corrected chi connectivity index (χ4v) is 0.403. The molecule has 0 bridgehead atoms. The van der Waals surface area contributed by atoms with Crippen molar-refractivity contribution < 1.29 is 19.6 Å². The number of aliphatic hydroxyl groups excluding tert-OH is 1. The molecule has 0 aromatic carbocycles. The molecule has 9 heavy (non-hydrogen) atoms. The van der Waals surface area contributed by atoms with Crippen LogP contribution in [0.25, 0.3) is 0 Å². The fraction of sp³-hybridized carbons (Fsp3) is 0.600. The van der Waals surface area contributed by atoms with Crippen LogP contribution in [0.5, 0.6) is 0 Å². The molecule has 0 saturated heterocycles. The Morgan fingerprint density at radius 2 is 2.33 bits per heavy atom. The van der Waals surface area contributed by atoms with E-state index in [2.05, 4.69) is 6.72 Å². The Bertz CT molecular complexity index is 121. The topological polar surface area (TPSA) is 63.4 Å². The highest BCUT2D eigenvalue weighted by molar-refractivity contribution is 5.65. The summed E-state index contributed by atoms with van der Waals surface area (Å²) < 4.78 is 1.22. The molecule has 4 nitrogen and oxygen atoms in total. The molecular weight excluding hydrogens is 122 g/mol. The number of nitrogens with zero attached hydrogens (tertiary/aromatic N) is 1. The number of carboxylic acids is 1. The Balaban J connectivity index is 3.39. The minimum absolute atomic E-state index is 0.0865. The highest BCUT2D eigenvalue weighted by Crippen LogP contribution is 1.68. The zero-order chi connectivity index (χ0) is 7.28. The highest BCUT2D eigenvalue weighted by Gasteiger charge is 1.97. The van der Waals surface area contributed by atoms with Crippen LogP contribution in [0.4, 0.5) is 0 Å². The molecule has 0 unspecified atom stereocenters. The Morgan fingerprint density at radius 3 is 2.67 bits per heavy atom. The van der Waals surface area contributed by atoms with Crippen molar-refractivity contribution in [3.63, 3.8) is 0 Å². The predicted octanol–water partition coefficient (Wildman–Crippen LogP) is -2.56. The summed E-state index contributed by atoms with van der Waals surface area (Å²) in [6.07, 6.45) is 0. The van der Waals surface area contributed by atoms with E-state index in [9.17, 15) is 9.90 Å². The molecule has 0 aliphatic carbocycles. The second-order valence-electron chi connectivity index (χ2n) is 1.65. The second kappa shape index (κ2) is 4.03. The van der Waals surface area contributed by atoms with Gasteiger partial charge in [0.15, 0.2) is 13.1 Å². The summed E-state index contributed by atoms with van der Waals surface area (Å²) in [5, 5.41) is 18.1. The zero-order valence-electron chi connectivity index (χ0n) is 5.04. The fourth-order valence-electron chi connectivity index (χ4n) is 0.403. The lowest BCUT2D eigenvalue weighted by Gasteiger charge is -1.98. The standard InChI is InChI=1S/C5H9NO3/c1-6(2-3-7)4-5(8)9/h7H,1-4H2. The largest absolute Gasteiger partial charge is 0.544 e. The minimum Gasteiger partial charge on any atom is -0.544 e. The van der Waals surface area contributed by atoms with Gasteiger partial charge in [0.2, 0.25) is 0 Å². The number of aliphatic hydroxyl groups is 1. The van der Waals surface area contributed by atoms with Crippen molar-refractivity contribution in [2.45, 2.75) is 0 Å². The van der Waals surface area contributed by atoms with E-state index in [1.54, 1.807) is 0 Å². The van der Waals surface area contributed by atoms with Crippen molar-refractivity contribution in [1.82, 2.24) is 0 Å². The van der Waals surface area contributed by atoms with E-state index >= 15 is 0 Å². The smallest absolute Gasteiger partial charge is 0.181 e. The molecule has 0 aromatic rings. The lowest BCUT2D eigenvalue weighted by atomic mass is 10.6. The van der Waals surface area contributed by atoms with Crippen LogP contribution in [0.2, 0.25) is 0 Å². The highest BCUT2D eigenvalue weighted by atomic mass is 16.4. The van der Waals surface area contributed by atoms with E-state index in [1.807, 2.05) is 0 Å². The molecule has 0 spiro atoms. The molecule has 52 valence electrons. The normalized spacial score (nSPS) is 9.00. The first-order valence-corrected chi connectivity index (χ1v) is 2.53. The van der Waals surface area contributed by atoms with Crippen LogP contribution in [0, 0.1) is 0 Å². The van der Waals surface area contributed by atoms with Crippen molar-refractivity contribution in [2.24, 2.45) is 0 Å². The van der Waals surface area contributed by atoms with Crippen LogP contribution in [0.3, 0.4) is 0 Å². The van der Waals surface area contributed by atoms with Crippen LogP contribution in [-0.2, 0) is 4.79 Å². The van der Waals surface area contributed by atoms with Crippen molar-refractivity contribution in [2.75, 3.05) is 19.7 Å². The van der Waals surface area contributed by atoms with Gasteiger partial charge in [-0.2, -0.15) is 0 Å². The number of aliphatic carboxylic acids is 1. The maximum atomic E-state index is 9.81. The Morgan fingerprint density at radius 1 is 1.78 bits per heavy atom. The number of carbonyl (C=O) groups is 1. The van der Waals surface area contributed by atoms with Gasteiger partial charge >= 0.3 is 0 Å². The van der Waals surface area contributed by atoms with Crippen molar-refractivity contribution in [1.29, 1.82) is 0 Å². The van der Waals surface area contributed by atoms with Crippen LogP contribution < -0.4 is 5.11 Å². The SMILES string of the molecule is C=[N+](CCO)CC(=O)[O-]. The Hall–Kier alpha value is -0.900. The summed E-state index contributed by atoms with van der Waals surface area (Å²) in [5.41, 5.74) is 0. The molecule has 0 saturated carbocycles. The zero-order valence-corrected chi connectivity index (χ0v) is 5.04. The molecular formula is C5H9NO3. The minimum atomic E-state index is -1.18. The van der Waals surface area contributed by atoms with E-state index in [4.69, 9.17) is 5.11 Å². The molecule has 0 aliphatic heterocycles. The third-order valence-electron chi connectivity index (χ3n) is 0.769. The van der Waals surface area contributed by atoms with E-state index in [1.165, 1.54) is 4.58 Å². The van der Waals surface area contributed by atoms with Crippen LogP contribution in [0.15, 0.2) is 0 Å². The van der Waals surface area contributed by atoms with Crippen molar-refractivity contribution in [3.8, 4) is 0 Å². The van der Waals surface area contributed by atoms with Gasteiger partial charge in [-0.15, -0.1) is 0 Å². The molecule has 0 heterocycles. The van der Waals surface area contributed by atoms with E-state index in [0.717, 1.165) is 0 Å². The molecule has 0 aliphatic rings. The molecule has 0 radical (unpaired) electrons. The molecule has 0 aromatic heterocycles. The molecule has 1 N–H and O–H groups in total.